The van der Waals surface area contributed by atoms with Gasteiger partial charge >= 0.3 is 0 Å². The third-order valence-corrected chi connectivity index (χ3v) is 2.31. The van der Waals surface area contributed by atoms with Crippen LogP contribution < -0.4 is 5.73 Å². The molecule has 2 heteroatoms. The molecule has 76 valence electrons. The van der Waals surface area contributed by atoms with Gasteiger partial charge in [-0.05, 0) is 42.7 Å². The number of hydrogen-bond acceptors (Lipinski definition) is 1. The van der Waals surface area contributed by atoms with Crippen LogP contribution in [0.1, 0.15) is 12.0 Å². The average molecular weight is 279 g/mol. The summed E-state index contributed by atoms with van der Waals surface area (Å²) in [6, 6.07) is 8.06. The fourth-order valence-corrected chi connectivity index (χ4v) is 1.52. The first-order chi connectivity index (χ1) is 6.84. The Balaban J connectivity index is 0.00000112. The molecule has 0 amide bonds. The second kappa shape index (κ2) is 5.75. The van der Waals surface area contributed by atoms with Crippen LogP contribution in [0.25, 0.3) is 0 Å². The molecular formula is C13H13MoN. The van der Waals surface area contributed by atoms with Crippen molar-refractivity contribution in [1.82, 2.24) is 0 Å². The maximum absolute atomic E-state index is 5.62. The summed E-state index contributed by atoms with van der Waals surface area (Å²) in [6.45, 7) is 0. The third kappa shape index (κ3) is 3.55. The van der Waals surface area contributed by atoms with E-state index < -0.39 is 0 Å². The molecule has 1 aromatic carbocycles. The molecule has 0 saturated carbocycles. The molecule has 0 atom stereocenters. The molecule has 0 heterocycles. The van der Waals surface area contributed by atoms with Crippen molar-refractivity contribution in [1.29, 1.82) is 0 Å². The Labute approximate surface area is 105 Å². The topological polar surface area (TPSA) is 26.0 Å². The van der Waals surface area contributed by atoms with E-state index in [4.69, 9.17) is 5.73 Å². The summed E-state index contributed by atoms with van der Waals surface area (Å²) < 4.78 is 0. The Morgan fingerprint density at radius 2 is 1.93 bits per heavy atom. The number of nitrogens with two attached hydrogens (primary N) is 1. The maximum atomic E-state index is 5.62. The number of benzene rings is 1. The van der Waals surface area contributed by atoms with Gasteiger partial charge in [-0.1, -0.05) is 23.8 Å². The van der Waals surface area contributed by atoms with Gasteiger partial charge in [-0.2, -0.15) is 0 Å². The van der Waals surface area contributed by atoms with Gasteiger partial charge in [0.25, 0.3) is 0 Å². The summed E-state index contributed by atoms with van der Waals surface area (Å²) in [6.07, 6.45) is 8.19. The molecule has 0 saturated heterocycles. The first-order valence-corrected chi connectivity index (χ1v) is 4.78. The van der Waals surface area contributed by atoms with Crippen LogP contribution in [0.5, 0.6) is 0 Å². The van der Waals surface area contributed by atoms with Gasteiger partial charge in [0.15, 0.2) is 0 Å². The van der Waals surface area contributed by atoms with E-state index >= 15 is 0 Å². The summed E-state index contributed by atoms with van der Waals surface area (Å²) in [5.74, 6) is 0. The molecule has 0 aromatic heterocycles. The molecule has 0 radical (unpaired) electrons. The molecule has 1 aromatic rings. The predicted octanol–water partition coefficient (Wildman–Crippen LogP) is 2.85. The second-order valence-electron chi connectivity index (χ2n) is 3.48. The van der Waals surface area contributed by atoms with Crippen molar-refractivity contribution in [2.75, 3.05) is 5.73 Å². The zero-order chi connectivity index (χ0) is 9.80. The Hall–Kier alpha value is -1.03. The van der Waals surface area contributed by atoms with E-state index in [9.17, 15) is 0 Å². The van der Waals surface area contributed by atoms with Gasteiger partial charge < -0.3 is 5.73 Å². The molecule has 0 fully saturated rings. The summed E-state index contributed by atoms with van der Waals surface area (Å²) in [4.78, 5) is 0. The van der Waals surface area contributed by atoms with Crippen LogP contribution in [-0.2, 0) is 27.5 Å². The normalized spacial score (nSPS) is 13.2. The molecule has 0 aliphatic heterocycles. The van der Waals surface area contributed by atoms with Crippen molar-refractivity contribution in [3.05, 3.63) is 59.4 Å². The van der Waals surface area contributed by atoms with Crippen molar-refractivity contribution in [2.45, 2.75) is 12.8 Å². The van der Waals surface area contributed by atoms with Crippen LogP contribution in [0.2, 0.25) is 0 Å². The van der Waals surface area contributed by atoms with E-state index in [-0.39, 0.29) is 21.1 Å². The maximum Gasteiger partial charge on any atom is 0.0314 e. The fourth-order valence-electron chi connectivity index (χ4n) is 1.52. The van der Waals surface area contributed by atoms with E-state index in [0.717, 1.165) is 18.5 Å². The molecule has 2 rings (SSSR count). The number of anilines is 1. The molecule has 15 heavy (non-hydrogen) atoms. The summed E-state index contributed by atoms with van der Waals surface area (Å²) in [5, 5.41) is 0. The third-order valence-electron chi connectivity index (χ3n) is 2.31. The van der Waals surface area contributed by atoms with E-state index in [0.29, 0.717) is 0 Å². The second-order valence-corrected chi connectivity index (χ2v) is 3.48. The molecule has 1 nitrogen and oxygen atoms in total. The number of hydrogen-bond donors (Lipinski definition) is 1. The predicted molar refractivity (Wildman–Crippen MR) is 59.9 cm³/mol. The Morgan fingerprint density at radius 3 is 2.53 bits per heavy atom. The molecule has 0 unspecified atom stereocenters. The Morgan fingerprint density at radius 1 is 1.20 bits per heavy atom. The van der Waals surface area contributed by atoms with Crippen LogP contribution >= 0.6 is 0 Å². The SMILES string of the molecule is Nc1ccc(CC2=CC=C=CC2)cc1.[Mo]. The standard InChI is InChI=1S/C13H13N.Mo/c14-13-8-6-12(7-9-13)10-11-4-2-1-3-5-11;/h2-4,6-9H,5,10,14H2;. The van der Waals surface area contributed by atoms with E-state index in [2.05, 4.69) is 30.0 Å². The summed E-state index contributed by atoms with van der Waals surface area (Å²) in [7, 11) is 0. The van der Waals surface area contributed by atoms with Crippen molar-refractivity contribution < 1.29 is 21.1 Å². The minimum Gasteiger partial charge on any atom is -0.399 e. The quantitative estimate of drug-likeness (QED) is 0.503. The molecule has 0 bridgehead atoms. The molecule has 1 aliphatic carbocycles. The van der Waals surface area contributed by atoms with Crippen LogP contribution in [0.4, 0.5) is 5.69 Å². The van der Waals surface area contributed by atoms with Crippen LogP contribution in [0.3, 0.4) is 0 Å². The zero-order valence-corrected chi connectivity index (χ0v) is 10.4. The smallest absolute Gasteiger partial charge is 0.0314 e. The van der Waals surface area contributed by atoms with E-state index in [1.165, 1.54) is 11.1 Å². The largest absolute Gasteiger partial charge is 0.399 e. The molecule has 1 aliphatic rings. The monoisotopic (exact) mass is 281 g/mol. The average Bonchev–Trinajstić information content (AvgIpc) is 2.23. The Bertz CT molecular complexity index is 409. The van der Waals surface area contributed by atoms with Gasteiger partial charge in [0.1, 0.15) is 0 Å². The molecule has 0 spiro atoms. The van der Waals surface area contributed by atoms with Gasteiger partial charge in [0.2, 0.25) is 0 Å². The van der Waals surface area contributed by atoms with Crippen LogP contribution in [0, 0.1) is 0 Å². The number of nitrogen functional groups attached to an aromatic ring is 1. The van der Waals surface area contributed by atoms with Crippen molar-refractivity contribution >= 4 is 5.69 Å². The van der Waals surface area contributed by atoms with Crippen molar-refractivity contribution in [3.63, 3.8) is 0 Å². The van der Waals surface area contributed by atoms with Gasteiger partial charge in [-0.25, -0.2) is 0 Å². The van der Waals surface area contributed by atoms with Crippen LogP contribution in [0.15, 0.2) is 53.8 Å². The van der Waals surface area contributed by atoms with Gasteiger partial charge in [0.05, 0.1) is 0 Å². The summed E-state index contributed by atoms with van der Waals surface area (Å²) >= 11 is 0. The fraction of sp³-hybridized carbons (Fsp3) is 0.154. The van der Waals surface area contributed by atoms with Gasteiger partial charge in [-0.3, -0.25) is 0 Å². The van der Waals surface area contributed by atoms with Crippen LogP contribution in [-0.4, -0.2) is 0 Å². The van der Waals surface area contributed by atoms with E-state index in [1.807, 2.05) is 18.2 Å². The first-order valence-electron chi connectivity index (χ1n) is 4.78. The minimum absolute atomic E-state index is 0. The summed E-state index contributed by atoms with van der Waals surface area (Å²) in [5.41, 5.74) is 12.2. The molecule has 2 N–H and O–H groups in total. The number of allylic oxidation sites excluding steroid dienone is 3. The van der Waals surface area contributed by atoms with Gasteiger partial charge in [-0.15, -0.1) is 5.73 Å². The van der Waals surface area contributed by atoms with E-state index in [1.54, 1.807) is 0 Å². The zero-order valence-electron chi connectivity index (χ0n) is 8.44. The van der Waals surface area contributed by atoms with Crippen molar-refractivity contribution in [3.8, 4) is 0 Å². The molecular weight excluding hydrogens is 266 g/mol. The van der Waals surface area contributed by atoms with Crippen molar-refractivity contribution in [2.24, 2.45) is 0 Å². The first kappa shape index (κ1) is 12.0. The van der Waals surface area contributed by atoms with Gasteiger partial charge in [0, 0.05) is 26.8 Å². The minimum atomic E-state index is 0. The Kier molecular flexibility index (Phi) is 4.62. The number of rotatable bonds is 2.